The molecule has 7 heterocycles. The van der Waals surface area contributed by atoms with Crippen LogP contribution in [0, 0.1) is 17.6 Å². The third-order valence-corrected chi connectivity index (χ3v) is 15.2. The highest BCUT2D eigenvalue weighted by molar-refractivity contribution is 7.90. The number of carbonyl (C=O) groups is 4. The molecule has 3 N–H and O–H groups in total. The van der Waals surface area contributed by atoms with Crippen molar-refractivity contribution in [2.75, 3.05) is 73.4 Å². The Morgan fingerprint density at radius 1 is 0.833 bits per heavy atom. The fourth-order valence-corrected chi connectivity index (χ4v) is 11.3. The molecule has 2 atom stereocenters. The van der Waals surface area contributed by atoms with Gasteiger partial charge in [0.1, 0.15) is 23.7 Å². The molecule has 66 heavy (non-hydrogen) atoms. The molecule has 0 aliphatic carbocycles. The lowest BCUT2D eigenvalue weighted by Crippen LogP contribution is -2.52. The highest BCUT2D eigenvalue weighted by Gasteiger charge is 2.40. The number of nitrogens with zero attached hydrogens (tertiary/aromatic N) is 6. The first-order chi connectivity index (χ1) is 31.8. The number of fused-ring (bicyclic) bond motifs is 2. The van der Waals surface area contributed by atoms with Crippen molar-refractivity contribution in [3.05, 3.63) is 107 Å². The second-order valence-electron chi connectivity index (χ2n) is 17.8. The van der Waals surface area contributed by atoms with Crippen LogP contribution < -0.4 is 19.8 Å². The van der Waals surface area contributed by atoms with Crippen LogP contribution in [0.25, 0.3) is 22.2 Å². The van der Waals surface area contributed by atoms with Crippen LogP contribution in [0.15, 0.2) is 73.1 Å². The minimum Gasteiger partial charge on any atom is -0.372 e. The number of hydrogen-bond acceptors (Lipinski definition) is 10. The Labute approximate surface area is 379 Å². The van der Waals surface area contributed by atoms with Crippen molar-refractivity contribution in [1.82, 2.24) is 29.4 Å². The maximum absolute atomic E-state index is 15.8. The summed E-state index contributed by atoms with van der Waals surface area (Å²) in [6.45, 7) is 6.37. The molecule has 19 heteroatoms. The van der Waals surface area contributed by atoms with Crippen LogP contribution in [0.4, 0.5) is 30.2 Å². The summed E-state index contributed by atoms with van der Waals surface area (Å²) in [5, 5.41) is 2.70. The van der Waals surface area contributed by atoms with Crippen molar-refractivity contribution in [2.24, 2.45) is 5.92 Å². The Hall–Kier alpha value is -6.31. The highest BCUT2D eigenvalue weighted by atomic mass is 32.2. The molecule has 5 aliphatic rings. The standard InChI is InChI=1S/C47H48F3N9O6S/c48-32-13-16-58(27-32)66(64,65)54-39-8-7-38(49)42(43(39)50)44(61)37-24-52-45-36(37)22-30(23-51-45)29-1-3-33(4-2-29)57-19-17-55(18-20-57)25-28-11-14-56(15-12-28)34-5-6-35-31(21-34)26-59(47(35)63)40-9-10-41(60)53-46(40)62/h1-8,21-24,28,32,40,54H,9-20,25-27H2,(H,51,52)(H,53,60,62). The topological polar surface area (TPSA) is 171 Å². The van der Waals surface area contributed by atoms with E-state index in [0.717, 1.165) is 97.6 Å². The number of ketones is 1. The number of imide groups is 1. The number of alkyl halides is 1. The average molecular weight is 924 g/mol. The van der Waals surface area contributed by atoms with Crippen LogP contribution in [-0.4, -0.2) is 127 Å². The molecule has 3 amide bonds. The van der Waals surface area contributed by atoms with E-state index in [4.69, 9.17) is 0 Å². The first-order valence-corrected chi connectivity index (χ1v) is 23.8. The highest BCUT2D eigenvalue weighted by Crippen LogP contribution is 2.34. The van der Waals surface area contributed by atoms with E-state index in [1.54, 1.807) is 17.2 Å². The van der Waals surface area contributed by atoms with E-state index in [-0.39, 0.29) is 43.3 Å². The van der Waals surface area contributed by atoms with Crippen LogP contribution in [-0.2, 0) is 26.3 Å². The summed E-state index contributed by atoms with van der Waals surface area (Å²) in [4.78, 5) is 67.2. The third-order valence-electron chi connectivity index (χ3n) is 13.7. The Morgan fingerprint density at radius 3 is 2.30 bits per heavy atom. The zero-order chi connectivity index (χ0) is 45.9. The van der Waals surface area contributed by atoms with Gasteiger partial charge in [0.05, 0.1) is 11.3 Å². The first kappa shape index (κ1) is 43.6. The zero-order valence-electron chi connectivity index (χ0n) is 35.9. The molecule has 0 bridgehead atoms. The molecular formula is C47H48F3N9O6S. The molecule has 4 saturated heterocycles. The van der Waals surface area contributed by atoms with E-state index < -0.39 is 57.0 Å². The van der Waals surface area contributed by atoms with E-state index in [0.29, 0.717) is 41.0 Å². The lowest BCUT2D eigenvalue weighted by molar-refractivity contribution is -0.136. The van der Waals surface area contributed by atoms with Gasteiger partial charge in [0, 0.05) is 118 Å². The first-order valence-electron chi connectivity index (χ1n) is 22.3. The number of piperazine rings is 1. The number of pyridine rings is 1. The zero-order valence-corrected chi connectivity index (χ0v) is 36.8. The van der Waals surface area contributed by atoms with Gasteiger partial charge in [-0.05, 0) is 91.3 Å². The molecule has 0 saturated carbocycles. The number of hydrogen-bond donors (Lipinski definition) is 3. The molecule has 344 valence electrons. The number of anilines is 3. The van der Waals surface area contributed by atoms with Crippen molar-refractivity contribution in [2.45, 2.75) is 50.9 Å². The van der Waals surface area contributed by atoms with Gasteiger partial charge in [0.2, 0.25) is 17.6 Å². The molecule has 5 aromatic rings. The average Bonchev–Trinajstić information content (AvgIpc) is 4.04. The van der Waals surface area contributed by atoms with E-state index in [9.17, 15) is 32.0 Å². The van der Waals surface area contributed by atoms with Gasteiger partial charge in [-0.15, -0.1) is 0 Å². The van der Waals surface area contributed by atoms with Crippen LogP contribution in [0.1, 0.15) is 63.9 Å². The van der Waals surface area contributed by atoms with Crippen LogP contribution in [0.5, 0.6) is 0 Å². The number of carbonyl (C=O) groups excluding carboxylic acids is 4. The molecule has 0 radical (unpaired) electrons. The quantitative estimate of drug-likeness (QED) is 0.118. The van der Waals surface area contributed by atoms with Gasteiger partial charge in [0.25, 0.3) is 5.91 Å². The minimum atomic E-state index is -4.36. The van der Waals surface area contributed by atoms with Gasteiger partial charge < -0.3 is 19.7 Å². The molecule has 3 aromatic carbocycles. The van der Waals surface area contributed by atoms with Crippen molar-refractivity contribution >= 4 is 61.8 Å². The molecule has 5 aliphatic heterocycles. The molecule has 15 nitrogen and oxygen atoms in total. The lowest BCUT2D eigenvalue weighted by atomic mass is 9.95. The summed E-state index contributed by atoms with van der Waals surface area (Å²) < 4.78 is 73.1. The summed E-state index contributed by atoms with van der Waals surface area (Å²) in [6, 6.07) is 16.8. The van der Waals surface area contributed by atoms with E-state index >= 15 is 8.78 Å². The van der Waals surface area contributed by atoms with Crippen molar-refractivity contribution in [1.29, 1.82) is 0 Å². The Morgan fingerprint density at radius 2 is 1.58 bits per heavy atom. The lowest BCUT2D eigenvalue weighted by Gasteiger charge is -2.40. The fraction of sp³-hybridized carbons (Fsp3) is 0.383. The summed E-state index contributed by atoms with van der Waals surface area (Å²) in [6.07, 6.45) is 4.31. The van der Waals surface area contributed by atoms with Gasteiger partial charge >= 0.3 is 10.2 Å². The van der Waals surface area contributed by atoms with Gasteiger partial charge in [-0.3, -0.25) is 34.1 Å². The number of nitrogens with one attached hydrogen (secondary N) is 3. The van der Waals surface area contributed by atoms with Crippen LogP contribution in [0.3, 0.4) is 0 Å². The number of piperidine rings is 2. The van der Waals surface area contributed by atoms with Crippen LogP contribution >= 0.6 is 0 Å². The maximum Gasteiger partial charge on any atom is 0.301 e. The Balaban J connectivity index is 0.730. The van der Waals surface area contributed by atoms with Crippen molar-refractivity contribution in [3.8, 4) is 11.1 Å². The number of halogens is 3. The minimum absolute atomic E-state index is 0.00344. The van der Waals surface area contributed by atoms with Gasteiger partial charge in [-0.2, -0.15) is 12.7 Å². The summed E-state index contributed by atoms with van der Waals surface area (Å²) in [7, 11) is -4.36. The number of H-pyrrole nitrogens is 1. The number of aromatic nitrogens is 2. The SMILES string of the molecule is O=C1CCC(N2Cc3cc(N4CCC(CN5CCN(c6ccc(-c7cnc8[nH]cc(C(=O)c9c(F)ccc(NS(=O)(=O)N%10CCC(F)C%10)c9F)c8c7)cc6)CC5)CC4)ccc3C2=O)C(=O)N1. The number of benzene rings is 3. The summed E-state index contributed by atoms with van der Waals surface area (Å²) in [5.74, 6) is -3.85. The molecule has 10 rings (SSSR count). The Kier molecular flexibility index (Phi) is 11.5. The predicted octanol–water partition coefficient (Wildman–Crippen LogP) is 5.24. The Bertz CT molecular complexity index is 2860. The summed E-state index contributed by atoms with van der Waals surface area (Å²) >= 11 is 0. The summed E-state index contributed by atoms with van der Waals surface area (Å²) in [5.41, 5.74) is 3.92. The monoisotopic (exact) mass is 923 g/mol. The largest absolute Gasteiger partial charge is 0.372 e. The van der Waals surface area contributed by atoms with Crippen LogP contribution in [0.2, 0.25) is 0 Å². The molecule has 2 aromatic heterocycles. The van der Waals surface area contributed by atoms with Gasteiger partial charge in [0.15, 0.2) is 5.82 Å². The third kappa shape index (κ3) is 8.39. The fourth-order valence-electron chi connectivity index (χ4n) is 9.98. The number of amides is 3. The van der Waals surface area contributed by atoms with Crippen molar-refractivity contribution in [3.63, 3.8) is 0 Å². The number of rotatable bonds is 11. The molecule has 0 spiro atoms. The maximum atomic E-state index is 15.8. The van der Waals surface area contributed by atoms with Crippen molar-refractivity contribution < 1.29 is 40.8 Å². The predicted molar refractivity (Wildman–Crippen MR) is 241 cm³/mol. The number of aromatic amines is 1. The van der Waals surface area contributed by atoms with Gasteiger partial charge in [-0.25, -0.2) is 18.2 Å². The van der Waals surface area contributed by atoms with Gasteiger partial charge in [-0.1, -0.05) is 12.1 Å². The molecule has 4 fully saturated rings. The second-order valence-corrected chi connectivity index (χ2v) is 19.5. The molecule has 2 unspecified atom stereocenters. The van der Waals surface area contributed by atoms with E-state index in [1.165, 1.54) is 6.20 Å². The van der Waals surface area contributed by atoms with E-state index in [2.05, 4.69) is 36.1 Å². The second kappa shape index (κ2) is 17.5. The van der Waals surface area contributed by atoms with E-state index in [1.807, 2.05) is 41.1 Å². The smallest absolute Gasteiger partial charge is 0.301 e. The molecular weight excluding hydrogens is 876 g/mol. The normalized spacial score (nSPS) is 21.2.